The molecular weight excluding hydrogens is 526 g/mol. The fourth-order valence-electron chi connectivity index (χ4n) is 4.86. The van der Waals surface area contributed by atoms with Crippen molar-refractivity contribution in [3.05, 3.63) is 81.9 Å². The number of hydrogen-bond acceptors (Lipinski definition) is 7. The van der Waals surface area contributed by atoms with Gasteiger partial charge in [-0.05, 0) is 97.9 Å². The van der Waals surface area contributed by atoms with Crippen molar-refractivity contribution in [1.82, 2.24) is 10.3 Å². The zero-order valence-corrected chi connectivity index (χ0v) is 23.3. The molecule has 1 aliphatic rings. The fourth-order valence-corrected chi connectivity index (χ4v) is 5.07. The average molecular weight is 558 g/mol. The van der Waals surface area contributed by atoms with Gasteiger partial charge >= 0.3 is 0 Å². The van der Waals surface area contributed by atoms with Gasteiger partial charge in [0.05, 0.1) is 4.92 Å². The van der Waals surface area contributed by atoms with Gasteiger partial charge in [0.25, 0.3) is 11.6 Å². The van der Waals surface area contributed by atoms with E-state index < -0.39 is 10.8 Å². The molecule has 40 heavy (non-hydrogen) atoms. The van der Waals surface area contributed by atoms with E-state index in [-0.39, 0.29) is 16.4 Å². The Morgan fingerprint density at radius 3 is 2.55 bits per heavy atom. The van der Waals surface area contributed by atoms with Crippen LogP contribution in [0, 0.1) is 10.1 Å². The van der Waals surface area contributed by atoms with Gasteiger partial charge in [0.2, 0.25) is 5.89 Å². The van der Waals surface area contributed by atoms with Gasteiger partial charge in [0.15, 0.2) is 10.7 Å². The Bertz CT molecular complexity index is 1560. The molecule has 0 bridgehead atoms. The van der Waals surface area contributed by atoms with Gasteiger partial charge in [0, 0.05) is 36.0 Å². The first-order chi connectivity index (χ1) is 19.3. The number of thiocarbonyl (C=S) groups is 1. The second-order valence-electron chi connectivity index (χ2n) is 10.0. The van der Waals surface area contributed by atoms with E-state index in [1.54, 1.807) is 12.1 Å². The highest BCUT2D eigenvalue weighted by Crippen LogP contribution is 2.32. The van der Waals surface area contributed by atoms with Crippen LogP contribution >= 0.6 is 12.2 Å². The summed E-state index contributed by atoms with van der Waals surface area (Å²) in [5.41, 5.74) is 4.88. The number of nitro benzene ring substituents is 1. The Morgan fingerprint density at radius 1 is 1.10 bits per heavy atom. The number of benzene rings is 3. The van der Waals surface area contributed by atoms with E-state index in [2.05, 4.69) is 41.6 Å². The highest BCUT2D eigenvalue weighted by atomic mass is 32.1. The van der Waals surface area contributed by atoms with Crippen LogP contribution in [0.25, 0.3) is 22.6 Å². The van der Waals surface area contributed by atoms with E-state index in [1.807, 2.05) is 35.2 Å². The Balaban J connectivity index is 1.23. The van der Waals surface area contributed by atoms with E-state index in [4.69, 9.17) is 16.6 Å². The summed E-state index contributed by atoms with van der Waals surface area (Å²) in [5, 5.41) is 17.4. The minimum Gasteiger partial charge on any atom is -0.436 e. The van der Waals surface area contributed by atoms with Gasteiger partial charge < -0.3 is 14.6 Å². The molecule has 2 heterocycles. The molecular formula is C30H31N5O4S. The van der Waals surface area contributed by atoms with Crippen molar-refractivity contribution >= 4 is 51.4 Å². The lowest BCUT2D eigenvalue weighted by molar-refractivity contribution is -0.384. The average Bonchev–Trinajstić information content (AvgIpc) is 3.40. The summed E-state index contributed by atoms with van der Waals surface area (Å²) >= 11 is 5.32. The normalized spacial score (nSPS) is 14.1. The van der Waals surface area contributed by atoms with Crippen molar-refractivity contribution < 1.29 is 14.1 Å². The quantitative estimate of drug-likeness (QED) is 0.141. The lowest BCUT2D eigenvalue weighted by atomic mass is 9.98. The van der Waals surface area contributed by atoms with E-state index in [1.165, 1.54) is 11.6 Å². The number of oxazole rings is 1. The van der Waals surface area contributed by atoms with Crippen LogP contribution in [0.15, 0.2) is 65.1 Å². The van der Waals surface area contributed by atoms with Gasteiger partial charge in [0.1, 0.15) is 11.2 Å². The molecule has 5 rings (SSSR count). The first kappa shape index (κ1) is 27.3. The van der Waals surface area contributed by atoms with Crippen molar-refractivity contribution in [2.24, 2.45) is 0 Å². The second-order valence-corrected chi connectivity index (χ2v) is 10.5. The number of rotatable bonds is 7. The smallest absolute Gasteiger partial charge is 0.293 e. The number of piperidine rings is 1. The van der Waals surface area contributed by atoms with Crippen LogP contribution in [0.3, 0.4) is 0 Å². The molecule has 1 aliphatic heterocycles. The number of fused-ring (bicyclic) bond motifs is 1. The molecule has 10 heteroatoms. The van der Waals surface area contributed by atoms with Gasteiger partial charge in [-0.2, -0.15) is 0 Å². The first-order valence-electron chi connectivity index (χ1n) is 13.5. The maximum Gasteiger partial charge on any atom is 0.293 e. The summed E-state index contributed by atoms with van der Waals surface area (Å²) in [4.78, 5) is 30.8. The summed E-state index contributed by atoms with van der Waals surface area (Å²) in [6, 6.07) is 18.0. The van der Waals surface area contributed by atoms with Gasteiger partial charge in [-0.25, -0.2) is 4.98 Å². The fraction of sp³-hybridized carbons (Fsp3) is 0.300. The highest BCUT2D eigenvalue weighted by Gasteiger charge is 2.23. The highest BCUT2D eigenvalue weighted by molar-refractivity contribution is 7.80. The maximum absolute atomic E-state index is 12.8. The molecule has 1 amide bonds. The number of carbonyl (C=O) groups excluding carboxylic acids is 1. The number of aromatic nitrogens is 1. The van der Waals surface area contributed by atoms with Crippen molar-refractivity contribution in [1.29, 1.82) is 0 Å². The second kappa shape index (κ2) is 11.8. The van der Waals surface area contributed by atoms with Gasteiger partial charge in [-0.15, -0.1) is 0 Å². The molecule has 206 valence electrons. The van der Waals surface area contributed by atoms with Gasteiger partial charge in [-0.3, -0.25) is 20.2 Å². The predicted octanol–water partition coefficient (Wildman–Crippen LogP) is 7.03. The predicted molar refractivity (Wildman–Crippen MR) is 161 cm³/mol. The van der Waals surface area contributed by atoms with E-state index in [0.717, 1.165) is 55.4 Å². The summed E-state index contributed by atoms with van der Waals surface area (Å²) in [6.45, 7) is 5.89. The van der Waals surface area contributed by atoms with Crippen molar-refractivity contribution in [2.75, 3.05) is 23.3 Å². The van der Waals surface area contributed by atoms with Crippen LogP contribution in [0.5, 0.6) is 0 Å². The number of nitrogens with one attached hydrogen (secondary N) is 2. The van der Waals surface area contributed by atoms with Crippen LogP contribution in [0.2, 0.25) is 0 Å². The summed E-state index contributed by atoms with van der Waals surface area (Å²) < 4.78 is 5.95. The molecule has 3 aromatic carbocycles. The molecule has 9 nitrogen and oxygen atoms in total. The van der Waals surface area contributed by atoms with E-state index in [0.29, 0.717) is 23.2 Å². The molecule has 0 radical (unpaired) electrons. The molecule has 1 unspecified atom stereocenters. The van der Waals surface area contributed by atoms with Crippen LogP contribution in [-0.2, 0) is 0 Å². The lowest BCUT2D eigenvalue weighted by Crippen LogP contribution is -2.34. The molecule has 0 saturated carbocycles. The number of carbonyl (C=O) groups is 1. The van der Waals surface area contributed by atoms with E-state index >= 15 is 0 Å². The number of amides is 1. The monoisotopic (exact) mass is 557 g/mol. The molecule has 1 atom stereocenters. The Kier molecular flexibility index (Phi) is 8.06. The third kappa shape index (κ3) is 5.96. The third-order valence-electron chi connectivity index (χ3n) is 7.34. The Labute approximate surface area is 237 Å². The number of nitro groups is 1. The van der Waals surface area contributed by atoms with Crippen molar-refractivity contribution in [3.63, 3.8) is 0 Å². The minimum atomic E-state index is -0.523. The molecule has 2 N–H and O–H groups in total. The number of nitrogens with zero attached hydrogens (tertiary/aromatic N) is 3. The molecule has 1 saturated heterocycles. The zero-order valence-electron chi connectivity index (χ0n) is 22.5. The Hall–Kier alpha value is -4.31. The van der Waals surface area contributed by atoms with Gasteiger partial charge in [-0.1, -0.05) is 19.9 Å². The van der Waals surface area contributed by atoms with Crippen molar-refractivity contribution in [2.45, 2.75) is 45.4 Å². The van der Waals surface area contributed by atoms with Crippen LogP contribution in [-0.4, -0.2) is 34.0 Å². The zero-order chi connectivity index (χ0) is 28.2. The van der Waals surface area contributed by atoms with Crippen LogP contribution in [0.1, 0.15) is 61.4 Å². The molecule has 0 aliphatic carbocycles. The van der Waals surface area contributed by atoms with Crippen LogP contribution in [0.4, 0.5) is 17.1 Å². The standard InChI is InChI=1S/C30H31N5O4S/c1-3-19(2)21-10-14-27-24(17-21)32-29(39-27)20-7-11-23(12-8-20)31-30(40)33-28(36)22-9-13-25(26(18-22)35(37)38)34-15-5-4-6-16-34/h7-14,17-19H,3-6,15-16H2,1-2H3,(H2,31,33,36,40). The van der Waals surface area contributed by atoms with Crippen LogP contribution < -0.4 is 15.5 Å². The topological polar surface area (TPSA) is 114 Å². The third-order valence-corrected chi connectivity index (χ3v) is 7.54. The SMILES string of the molecule is CCC(C)c1ccc2oc(-c3ccc(NC(=S)NC(=O)c4ccc(N5CCCCC5)c([N+](=O)[O-])c4)cc3)nc2c1. The molecule has 4 aromatic rings. The largest absolute Gasteiger partial charge is 0.436 e. The summed E-state index contributed by atoms with van der Waals surface area (Å²) in [6.07, 6.45) is 4.16. The molecule has 1 fully saturated rings. The molecule has 1 aromatic heterocycles. The number of anilines is 2. The Morgan fingerprint density at radius 2 is 1.85 bits per heavy atom. The summed E-state index contributed by atoms with van der Waals surface area (Å²) in [7, 11) is 0. The molecule has 0 spiro atoms. The lowest BCUT2D eigenvalue weighted by Gasteiger charge is -2.28. The summed E-state index contributed by atoms with van der Waals surface area (Å²) in [5.74, 6) is 0.451. The first-order valence-corrected chi connectivity index (χ1v) is 13.9. The van der Waals surface area contributed by atoms with Crippen molar-refractivity contribution in [3.8, 4) is 11.5 Å². The maximum atomic E-state index is 12.8. The number of hydrogen-bond donors (Lipinski definition) is 2. The van der Waals surface area contributed by atoms with E-state index in [9.17, 15) is 14.9 Å². The minimum absolute atomic E-state index is 0.0833.